The summed E-state index contributed by atoms with van der Waals surface area (Å²) in [6, 6.07) is 8.02. The topological polar surface area (TPSA) is 45.6 Å². The maximum Gasteiger partial charge on any atom is 0.187 e. The van der Waals surface area contributed by atoms with E-state index in [4.69, 9.17) is 17.0 Å². The SMILES string of the molecule is COc1cccc(/C(C)=N/NC(=S)NC(C)C)c1. The smallest absolute Gasteiger partial charge is 0.187 e. The number of benzene rings is 1. The van der Waals surface area contributed by atoms with E-state index in [0.29, 0.717) is 5.11 Å². The van der Waals surface area contributed by atoms with Crippen molar-refractivity contribution in [3.63, 3.8) is 0 Å². The molecule has 98 valence electrons. The van der Waals surface area contributed by atoms with Crippen molar-refractivity contribution in [2.75, 3.05) is 7.11 Å². The average molecular weight is 265 g/mol. The van der Waals surface area contributed by atoms with Crippen molar-refractivity contribution >= 4 is 23.0 Å². The molecule has 18 heavy (non-hydrogen) atoms. The summed E-state index contributed by atoms with van der Waals surface area (Å²) in [6.07, 6.45) is 0. The van der Waals surface area contributed by atoms with Crippen LogP contribution in [0, 0.1) is 0 Å². The van der Waals surface area contributed by atoms with Gasteiger partial charge in [-0.2, -0.15) is 5.10 Å². The van der Waals surface area contributed by atoms with Gasteiger partial charge in [0.15, 0.2) is 5.11 Å². The highest BCUT2D eigenvalue weighted by Gasteiger charge is 2.01. The number of nitrogens with one attached hydrogen (secondary N) is 2. The van der Waals surface area contributed by atoms with Crippen LogP contribution in [0.1, 0.15) is 26.3 Å². The number of ether oxygens (including phenoxy) is 1. The molecule has 0 radical (unpaired) electrons. The molecular weight excluding hydrogens is 246 g/mol. The average Bonchev–Trinajstić information content (AvgIpc) is 2.35. The summed E-state index contributed by atoms with van der Waals surface area (Å²) in [5.74, 6) is 0.810. The second kappa shape index (κ2) is 6.96. The molecule has 0 atom stereocenters. The Bertz CT molecular complexity index is 444. The molecule has 0 spiro atoms. The third-order valence-electron chi connectivity index (χ3n) is 2.23. The van der Waals surface area contributed by atoms with Crippen molar-refractivity contribution in [1.82, 2.24) is 10.7 Å². The Hall–Kier alpha value is -1.62. The van der Waals surface area contributed by atoms with Gasteiger partial charge in [0, 0.05) is 11.6 Å². The Morgan fingerprint density at radius 2 is 2.11 bits per heavy atom. The van der Waals surface area contributed by atoms with Crippen LogP contribution in [-0.4, -0.2) is 24.0 Å². The fourth-order valence-corrected chi connectivity index (χ4v) is 1.62. The first-order chi connectivity index (χ1) is 8.52. The van der Waals surface area contributed by atoms with Gasteiger partial charge in [-0.1, -0.05) is 12.1 Å². The van der Waals surface area contributed by atoms with E-state index < -0.39 is 0 Å². The van der Waals surface area contributed by atoms with Crippen molar-refractivity contribution in [3.05, 3.63) is 29.8 Å². The molecule has 1 aromatic rings. The lowest BCUT2D eigenvalue weighted by molar-refractivity contribution is 0.414. The monoisotopic (exact) mass is 265 g/mol. The van der Waals surface area contributed by atoms with Gasteiger partial charge in [-0.05, 0) is 45.1 Å². The van der Waals surface area contributed by atoms with Gasteiger partial charge in [0.05, 0.1) is 12.8 Å². The summed E-state index contributed by atoms with van der Waals surface area (Å²) in [4.78, 5) is 0. The highest BCUT2D eigenvalue weighted by Crippen LogP contribution is 2.12. The first kappa shape index (κ1) is 14.4. The molecule has 0 fully saturated rings. The van der Waals surface area contributed by atoms with Crippen molar-refractivity contribution in [3.8, 4) is 5.75 Å². The molecule has 4 nitrogen and oxygen atoms in total. The molecule has 0 heterocycles. The van der Waals surface area contributed by atoms with Gasteiger partial charge in [0.2, 0.25) is 0 Å². The fraction of sp³-hybridized carbons (Fsp3) is 0.385. The molecule has 0 bridgehead atoms. The molecule has 0 saturated heterocycles. The molecule has 5 heteroatoms. The lowest BCUT2D eigenvalue weighted by atomic mass is 10.1. The summed E-state index contributed by atoms with van der Waals surface area (Å²) in [6.45, 7) is 5.96. The Kier molecular flexibility index (Phi) is 5.58. The molecule has 1 aromatic carbocycles. The van der Waals surface area contributed by atoms with E-state index >= 15 is 0 Å². The number of hydrogen-bond donors (Lipinski definition) is 2. The lowest BCUT2D eigenvalue weighted by Gasteiger charge is -2.10. The molecule has 1 rings (SSSR count). The predicted octanol–water partition coefficient (Wildman–Crippen LogP) is 2.29. The highest BCUT2D eigenvalue weighted by atomic mass is 32.1. The zero-order valence-electron chi connectivity index (χ0n) is 11.2. The van der Waals surface area contributed by atoms with E-state index in [9.17, 15) is 0 Å². The summed E-state index contributed by atoms with van der Waals surface area (Å²) in [5, 5.41) is 7.81. The van der Waals surface area contributed by atoms with Crippen LogP contribution < -0.4 is 15.5 Å². The van der Waals surface area contributed by atoms with Gasteiger partial charge in [-0.15, -0.1) is 0 Å². The first-order valence-corrected chi connectivity index (χ1v) is 6.19. The number of hydrazone groups is 1. The largest absolute Gasteiger partial charge is 0.497 e. The number of nitrogens with zero attached hydrogens (tertiary/aromatic N) is 1. The van der Waals surface area contributed by atoms with E-state index in [1.165, 1.54) is 0 Å². The van der Waals surface area contributed by atoms with Crippen molar-refractivity contribution in [2.24, 2.45) is 5.10 Å². The normalized spacial score (nSPS) is 11.3. The molecule has 0 saturated carbocycles. The van der Waals surface area contributed by atoms with Crippen molar-refractivity contribution in [2.45, 2.75) is 26.8 Å². The Balaban J connectivity index is 2.68. The Morgan fingerprint density at radius 3 is 2.72 bits per heavy atom. The third-order valence-corrected chi connectivity index (χ3v) is 2.44. The number of rotatable bonds is 4. The quantitative estimate of drug-likeness (QED) is 0.498. The van der Waals surface area contributed by atoms with Crippen LogP contribution in [-0.2, 0) is 0 Å². The van der Waals surface area contributed by atoms with Gasteiger partial charge in [-0.25, -0.2) is 0 Å². The number of hydrogen-bond acceptors (Lipinski definition) is 3. The minimum atomic E-state index is 0.289. The summed E-state index contributed by atoms with van der Waals surface area (Å²) in [5.41, 5.74) is 4.66. The molecule has 0 aromatic heterocycles. The molecule has 0 aliphatic carbocycles. The first-order valence-electron chi connectivity index (χ1n) is 5.78. The summed E-state index contributed by atoms with van der Waals surface area (Å²) in [7, 11) is 1.64. The Labute approximate surface area is 113 Å². The minimum Gasteiger partial charge on any atom is -0.497 e. The minimum absolute atomic E-state index is 0.289. The van der Waals surface area contributed by atoms with E-state index in [-0.39, 0.29) is 6.04 Å². The zero-order chi connectivity index (χ0) is 13.5. The Morgan fingerprint density at radius 1 is 1.39 bits per heavy atom. The van der Waals surface area contributed by atoms with Crippen LogP contribution in [0.4, 0.5) is 0 Å². The van der Waals surface area contributed by atoms with Crippen LogP contribution >= 0.6 is 12.2 Å². The predicted molar refractivity (Wildman–Crippen MR) is 79.2 cm³/mol. The van der Waals surface area contributed by atoms with E-state index in [0.717, 1.165) is 17.0 Å². The van der Waals surface area contributed by atoms with Gasteiger partial charge in [0.25, 0.3) is 0 Å². The summed E-state index contributed by atoms with van der Waals surface area (Å²) >= 11 is 5.09. The maximum absolute atomic E-state index is 5.17. The van der Waals surface area contributed by atoms with Crippen LogP contribution in [0.5, 0.6) is 5.75 Å². The molecule has 0 aliphatic rings. The second-order valence-corrected chi connectivity index (χ2v) is 4.58. The lowest BCUT2D eigenvalue weighted by Crippen LogP contribution is -2.37. The van der Waals surface area contributed by atoms with Gasteiger partial charge < -0.3 is 10.1 Å². The van der Waals surface area contributed by atoms with Crippen molar-refractivity contribution in [1.29, 1.82) is 0 Å². The highest BCUT2D eigenvalue weighted by molar-refractivity contribution is 7.80. The van der Waals surface area contributed by atoms with Crippen LogP contribution in [0.25, 0.3) is 0 Å². The van der Waals surface area contributed by atoms with Crippen LogP contribution in [0.15, 0.2) is 29.4 Å². The van der Waals surface area contributed by atoms with E-state index in [1.54, 1.807) is 7.11 Å². The standard InChI is InChI=1S/C13H19N3OS/c1-9(2)14-13(18)16-15-10(3)11-6-5-7-12(8-11)17-4/h5-9H,1-4H3,(H2,14,16,18)/b15-10+. The maximum atomic E-state index is 5.17. The molecule has 0 amide bonds. The molecular formula is C13H19N3OS. The van der Waals surface area contributed by atoms with Gasteiger partial charge >= 0.3 is 0 Å². The van der Waals surface area contributed by atoms with Gasteiger partial charge in [0.1, 0.15) is 5.75 Å². The summed E-state index contributed by atoms with van der Waals surface area (Å²) < 4.78 is 5.17. The van der Waals surface area contributed by atoms with Crippen LogP contribution in [0.3, 0.4) is 0 Å². The van der Waals surface area contributed by atoms with E-state index in [1.807, 2.05) is 45.0 Å². The van der Waals surface area contributed by atoms with Crippen LogP contribution in [0.2, 0.25) is 0 Å². The zero-order valence-corrected chi connectivity index (χ0v) is 12.0. The molecule has 0 unspecified atom stereocenters. The second-order valence-electron chi connectivity index (χ2n) is 4.17. The van der Waals surface area contributed by atoms with Crippen molar-refractivity contribution < 1.29 is 4.74 Å². The third kappa shape index (κ3) is 4.71. The molecule has 2 N–H and O–H groups in total. The number of thiocarbonyl (C=S) groups is 1. The molecule has 0 aliphatic heterocycles. The van der Waals surface area contributed by atoms with E-state index in [2.05, 4.69) is 15.8 Å². The number of methoxy groups -OCH3 is 1. The van der Waals surface area contributed by atoms with Gasteiger partial charge in [-0.3, -0.25) is 5.43 Å². The fourth-order valence-electron chi connectivity index (χ4n) is 1.34.